The maximum absolute atomic E-state index is 13.4. The minimum atomic E-state index is -0.563. The van der Waals surface area contributed by atoms with Crippen LogP contribution in [-0.2, 0) is 4.74 Å². The molecule has 0 amide bonds. The van der Waals surface area contributed by atoms with Crippen LogP contribution >= 0.6 is 0 Å². The van der Waals surface area contributed by atoms with Gasteiger partial charge in [0.15, 0.2) is 0 Å². The number of aliphatic hydroxyl groups excluding tert-OH is 1. The van der Waals surface area contributed by atoms with Gasteiger partial charge >= 0.3 is 0 Å². The second-order valence-corrected chi connectivity index (χ2v) is 4.26. The van der Waals surface area contributed by atoms with E-state index in [0.29, 0.717) is 12.3 Å². The quantitative estimate of drug-likeness (QED) is 0.852. The van der Waals surface area contributed by atoms with Crippen LogP contribution in [0.5, 0.6) is 0 Å². The van der Waals surface area contributed by atoms with Crippen molar-refractivity contribution in [3.05, 3.63) is 29.6 Å². The number of nitriles is 1. The summed E-state index contributed by atoms with van der Waals surface area (Å²) in [5.74, 6) is -0.563. The molecule has 2 N–H and O–H groups in total. The Balaban J connectivity index is 2.17. The van der Waals surface area contributed by atoms with Crippen LogP contribution in [0.15, 0.2) is 18.2 Å². The molecule has 0 aromatic heterocycles. The molecule has 5 heteroatoms. The van der Waals surface area contributed by atoms with E-state index in [1.807, 2.05) is 6.07 Å². The van der Waals surface area contributed by atoms with Crippen LogP contribution in [0.25, 0.3) is 0 Å². The number of nitrogens with one attached hydrogen (secondary N) is 1. The van der Waals surface area contributed by atoms with Crippen LogP contribution in [-0.4, -0.2) is 30.5 Å². The molecule has 1 fully saturated rings. The molecular formula is C13H15FN2O2. The molecule has 2 rings (SSSR count). The van der Waals surface area contributed by atoms with Crippen molar-refractivity contribution < 1.29 is 14.2 Å². The molecular weight excluding hydrogens is 235 g/mol. The van der Waals surface area contributed by atoms with Crippen molar-refractivity contribution in [1.82, 2.24) is 0 Å². The number of hydrogen-bond acceptors (Lipinski definition) is 4. The van der Waals surface area contributed by atoms with Crippen LogP contribution in [0, 0.1) is 17.1 Å². The third kappa shape index (κ3) is 2.61. The van der Waals surface area contributed by atoms with E-state index in [4.69, 9.17) is 10.00 Å². The van der Waals surface area contributed by atoms with Crippen molar-refractivity contribution in [3.63, 3.8) is 0 Å². The highest BCUT2D eigenvalue weighted by molar-refractivity contribution is 5.58. The zero-order valence-electron chi connectivity index (χ0n) is 9.90. The fourth-order valence-corrected chi connectivity index (χ4v) is 2.13. The lowest BCUT2D eigenvalue weighted by atomic mass is 10.1. The number of nitrogens with zero attached hydrogens (tertiary/aromatic N) is 1. The lowest BCUT2D eigenvalue weighted by Crippen LogP contribution is -2.36. The molecule has 0 aliphatic carbocycles. The van der Waals surface area contributed by atoms with Gasteiger partial charge in [0.2, 0.25) is 0 Å². The van der Waals surface area contributed by atoms with E-state index in [9.17, 15) is 9.50 Å². The largest absolute Gasteiger partial charge is 0.394 e. The van der Waals surface area contributed by atoms with Gasteiger partial charge in [0.1, 0.15) is 17.4 Å². The summed E-state index contributed by atoms with van der Waals surface area (Å²) in [4.78, 5) is 0. The number of halogens is 1. The van der Waals surface area contributed by atoms with E-state index < -0.39 is 5.82 Å². The van der Waals surface area contributed by atoms with Gasteiger partial charge in [0.25, 0.3) is 0 Å². The Morgan fingerprint density at radius 2 is 2.44 bits per heavy atom. The zero-order valence-corrected chi connectivity index (χ0v) is 9.90. The molecule has 1 aliphatic heterocycles. The standard InChI is InChI=1S/C13H15FN2O2/c14-10-3-1-4-11(9(10)7-15)16-12(8-17)13-5-2-6-18-13/h1,3-4,12-13,16-17H,2,5-6,8H2/t12-,13-/m0/s1. The Morgan fingerprint density at radius 3 is 3.06 bits per heavy atom. The number of rotatable bonds is 4. The molecule has 0 spiro atoms. The second kappa shape index (κ2) is 5.80. The number of ether oxygens (including phenoxy) is 1. The third-order valence-corrected chi connectivity index (χ3v) is 3.08. The molecule has 0 unspecified atom stereocenters. The summed E-state index contributed by atoms with van der Waals surface area (Å²) in [6.45, 7) is 0.559. The number of benzene rings is 1. The van der Waals surface area contributed by atoms with Crippen LogP contribution < -0.4 is 5.32 Å². The number of aliphatic hydroxyl groups is 1. The fraction of sp³-hybridized carbons (Fsp3) is 0.462. The van der Waals surface area contributed by atoms with Gasteiger partial charge in [-0.3, -0.25) is 0 Å². The van der Waals surface area contributed by atoms with Crippen molar-refractivity contribution in [2.24, 2.45) is 0 Å². The monoisotopic (exact) mass is 250 g/mol. The Hall–Kier alpha value is -1.64. The molecule has 1 aromatic rings. The highest BCUT2D eigenvalue weighted by atomic mass is 19.1. The first kappa shape index (κ1) is 12.8. The van der Waals surface area contributed by atoms with Gasteiger partial charge in [0.05, 0.1) is 24.4 Å². The summed E-state index contributed by atoms with van der Waals surface area (Å²) < 4.78 is 18.9. The van der Waals surface area contributed by atoms with Crippen molar-refractivity contribution in [3.8, 4) is 6.07 Å². The molecule has 4 nitrogen and oxygen atoms in total. The Morgan fingerprint density at radius 1 is 1.61 bits per heavy atom. The first-order valence-corrected chi connectivity index (χ1v) is 5.94. The summed E-state index contributed by atoms with van der Waals surface area (Å²) in [6.07, 6.45) is 1.72. The minimum absolute atomic E-state index is 0.0334. The summed E-state index contributed by atoms with van der Waals surface area (Å²) in [6, 6.07) is 5.90. The molecule has 0 bridgehead atoms. The van der Waals surface area contributed by atoms with E-state index in [-0.39, 0.29) is 24.3 Å². The molecule has 0 saturated carbocycles. The van der Waals surface area contributed by atoms with E-state index in [1.165, 1.54) is 12.1 Å². The van der Waals surface area contributed by atoms with Gasteiger partial charge in [-0.1, -0.05) is 6.07 Å². The number of hydrogen-bond donors (Lipinski definition) is 2. The van der Waals surface area contributed by atoms with Gasteiger partial charge in [0, 0.05) is 6.61 Å². The lowest BCUT2D eigenvalue weighted by molar-refractivity contribution is 0.0758. The van der Waals surface area contributed by atoms with Crippen LogP contribution in [0.3, 0.4) is 0 Å². The Kier molecular flexibility index (Phi) is 4.13. The lowest BCUT2D eigenvalue weighted by Gasteiger charge is -2.23. The number of anilines is 1. The van der Waals surface area contributed by atoms with Crippen LogP contribution in [0.1, 0.15) is 18.4 Å². The Labute approximate surface area is 105 Å². The zero-order chi connectivity index (χ0) is 13.0. The average molecular weight is 250 g/mol. The van der Waals surface area contributed by atoms with E-state index in [1.54, 1.807) is 6.07 Å². The highest BCUT2D eigenvalue weighted by Crippen LogP contribution is 2.22. The predicted octanol–water partition coefficient (Wildman–Crippen LogP) is 1.65. The van der Waals surface area contributed by atoms with Crippen molar-refractivity contribution in [1.29, 1.82) is 5.26 Å². The van der Waals surface area contributed by atoms with Crippen molar-refractivity contribution in [2.45, 2.75) is 25.0 Å². The Bertz CT molecular complexity index is 453. The maximum Gasteiger partial charge on any atom is 0.143 e. The molecule has 1 aromatic carbocycles. The van der Waals surface area contributed by atoms with E-state index in [0.717, 1.165) is 12.8 Å². The van der Waals surface area contributed by atoms with E-state index in [2.05, 4.69) is 5.32 Å². The van der Waals surface area contributed by atoms with E-state index >= 15 is 0 Å². The van der Waals surface area contributed by atoms with Gasteiger partial charge in [-0.25, -0.2) is 4.39 Å². The van der Waals surface area contributed by atoms with Gasteiger partial charge in [-0.2, -0.15) is 5.26 Å². The molecule has 18 heavy (non-hydrogen) atoms. The summed E-state index contributed by atoms with van der Waals surface area (Å²) in [7, 11) is 0. The van der Waals surface area contributed by atoms with Crippen LogP contribution in [0.2, 0.25) is 0 Å². The first-order chi connectivity index (χ1) is 8.76. The summed E-state index contributed by atoms with van der Waals surface area (Å²) >= 11 is 0. The van der Waals surface area contributed by atoms with Crippen LogP contribution in [0.4, 0.5) is 10.1 Å². The molecule has 1 aliphatic rings. The van der Waals surface area contributed by atoms with Gasteiger partial charge < -0.3 is 15.2 Å². The molecule has 0 radical (unpaired) electrons. The highest BCUT2D eigenvalue weighted by Gasteiger charge is 2.26. The third-order valence-electron chi connectivity index (χ3n) is 3.08. The topological polar surface area (TPSA) is 65.3 Å². The molecule has 1 heterocycles. The normalized spacial score (nSPS) is 20.4. The fourth-order valence-electron chi connectivity index (χ4n) is 2.13. The molecule has 1 saturated heterocycles. The van der Waals surface area contributed by atoms with Crippen molar-refractivity contribution >= 4 is 5.69 Å². The van der Waals surface area contributed by atoms with Gasteiger partial charge in [-0.05, 0) is 25.0 Å². The molecule has 2 atom stereocenters. The maximum atomic E-state index is 13.4. The molecule has 96 valence electrons. The minimum Gasteiger partial charge on any atom is -0.394 e. The summed E-state index contributed by atoms with van der Waals surface area (Å²) in [5, 5.41) is 21.3. The first-order valence-electron chi connectivity index (χ1n) is 5.94. The second-order valence-electron chi connectivity index (χ2n) is 4.26. The summed E-state index contributed by atoms with van der Waals surface area (Å²) in [5.41, 5.74) is 0.362. The van der Waals surface area contributed by atoms with Crippen molar-refractivity contribution in [2.75, 3.05) is 18.5 Å². The van der Waals surface area contributed by atoms with Gasteiger partial charge in [-0.15, -0.1) is 0 Å². The average Bonchev–Trinajstić information content (AvgIpc) is 2.89. The SMILES string of the molecule is N#Cc1c(F)cccc1N[C@@H](CO)[C@@H]1CCCO1. The predicted molar refractivity (Wildman–Crippen MR) is 64.6 cm³/mol. The smallest absolute Gasteiger partial charge is 0.143 e.